The van der Waals surface area contributed by atoms with Gasteiger partial charge in [-0.1, -0.05) is 39.5 Å². The second-order valence-corrected chi connectivity index (χ2v) is 6.76. The second-order valence-electron chi connectivity index (χ2n) is 6.76. The van der Waals surface area contributed by atoms with E-state index in [0.29, 0.717) is 11.7 Å². The Morgan fingerprint density at radius 3 is 2.67 bits per heavy atom. The fraction of sp³-hybridized carbons (Fsp3) is 1.00. The molecule has 0 radical (unpaired) electrons. The summed E-state index contributed by atoms with van der Waals surface area (Å²) >= 11 is 0. The van der Waals surface area contributed by atoms with Crippen molar-refractivity contribution in [1.29, 1.82) is 0 Å². The number of unbranched alkanes of at least 4 members (excludes halogenated alkanes) is 1. The van der Waals surface area contributed by atoms with Gasteiger partial charge in [0.2, 0.25) is 0 Å². The van der Waals surface area contributed by atoms with Crippen molar-refractivity contribution in [3.05, 3.63) is 0 Å². The van der Waals surface area contributed by atoms with E-state index in [4.69, 9.17) is 4.74 Å². The molecule has 2 fully saturated rings. The van der Waals surface area contributed by atoms with Crippen molar-refractivity contribution in [3.8, 4) is 0 Å². The third kappa shape index (κ3) is 4.24. The molecule has 0 bridgehead atoms. The topological polar surface area (TPSA) is 21.3 Å². The van der Waals surface area contributed by atoms with E-state index in [-0.39, 0.29) is 0 Å². The van der Waals surface area contributed by atoms with Gasteiger partial charge in [-0.3, -0.25) is 0 Å². The number of hydrogen-bond donors (Lipinski definition) is 1. The van der Waals surface area contributed by atoms with Crippen molar-refractivity contribution < 1.29 is 4.74 Å². The molecule has 106 valence electrons. The van der Waals surface area contributed by atoms with Crippen molar-refractivity contribution in [2.24, 2.45) is 5.92 Å². The lowest BCUT2D eigenvalue weighted by Gasteiger charge is -2.23. The van der Waals surface area contributed by atoms with Crippen LogP contribution in [0.5, 0.6) is 0 Å². The fourth-order valence-corrected chi connectivity index (χ4v) is 3.49. The average molecular weight is 253 g/mol. The molecule has 1 saturated carbocycles. The molecule has 1 aliphatic heterocycles. The first-order valence-electron chi connectivity index (χ1n) is 8.09. The van der Waals surface area contributed by atoms with E-state index in [1.54, 1.807) is 0 Å². The van der Waals surface area contributed by atoms with Crippen molar-refractivity contribution in [2.45, 2.75) is 83.3 Å². The minimum atomic E-state index is 0.310. The first kappa shape index (κ1) is 14.3. The summed E-state index contributed by atoms with van der Waals surface area (Å²) in [5, 5.41) is 3.58. The summed E-state index contributed by atoms with van der Waals surface area (Å²) in [5.41, 5.74) is 0.310. The third-order valence-electron chi connectivity index (χ3n) is 4.61. The zero-order valence-electron chi connectivity index (χ0n) is 12.3. The normalized spacial score (nSPS) is 26.5. The highest BCUT2D eigenvalue weighted by molar-refractivity contribution is 4.93. The molecule has 0 aromatic carbocycles. The van der Waals surface area contributed by atoms with Crippen LogP contribution >= 0.6 is 0 Å². The van der Waals surface area contributed by atoms with Crippen molar-refractivity contribution >= 4 is 0 Å². The zero-order valence-corrected chi connectivity index (χ0v) is 12.3. The van der Waals surface area contributed by atoms with E-state index in [1.807, 2.05) is 0 Å². The summed E-state index contributed by atoms with van der Waals surface area (Å²) in [4.78, 5) is 0. The molecule has 1 aliphatic carbocycles. The molecular weight excluding hydrogens is 222 g/mol. The fourth-order valence-electron chi connectivity index (χ4n) is 3.49. The standard InChI is InChI=1S/C16H31NO/c1-14(2)7-3-6-12-17-13-15-8-11-16(18-15)9-4-5-10-16/h14-15,17H,3-13H2,1-2H3. The van der Waals surface area contributed by atoms with Crippen molar-refractivity contribution in [2.75, 3.05) is 13.1 Å². The number of ether oxygens (including phenoxy) is 1. The van der Waals surface area contributed by atoms with Crippen LogP contribution in [-0.4, -0.2) is 24.8 Å². The molecule has 1 atom stereocenters. The van der Waals surface area contributed by atoms with Gasteiger partial charge in [0.15, 0.2) is 0 Å². The summed E-state index contributed by atoms with van der Waals surface area (Å²) in [5.74, 6) is 0.852. The quantitative estimate of drug-likeness (QED) is 0.695. The lowest BCUT2D eigenvalue weighted by atomic mass is 9.98. The maximum absolute atomic E-state index is 6.29. The van der Waals surface area contributed by atoms with E-state index in [2.05, 4.69) is 19.2 Å². The van der Waals surface area contributed by atoms with E-state index in [0.717, 1.165) is 12.5 Å². The Kier molecular flexibility index (Phi) is 5.50. The van der Waals surface area contributed by atoms with Gasteiger partial charge in [0, 0.05) is 6.54 Å². The molecule has 1 N–H and O–H groups in total. The van der Waals surface area contributed by atoms with Crippen LogP contribution in [0, 0.1) is 5.92 Å². The summed E-state index contributed by atoms with van der Waals surface area (Å²) in [6.45, 7) is 6.85. The molecule has 1 unspecified atom stereocenters. The molecular formula is C16H31NO. The number of nitrogens with one attached hydrogen (secondary N) is 1. The Morgan fingerprint density at radius 1 is 1.17 bits per heavy atom. The minimum Gasteiger partial charge on any atom is -0.370 e. The molecule has 1 spiro atoms. The van der Waals surface area contributed by atoms with Crippen LogP contribution in [0.2, 0.25) is 0 Å². The average Bonchev–Trinajstić information content (AvgIpc) is 2.95. The van der Waals surface area contributed by atoms with Gasteiger partial charge in [-0.2, -0.15) is 0 Å². The monoisotopic (exact) mass is 253 g/mol. The lowest BCUT2D eigenvalue weighted by molar-refractivity contribution is -0.0350. The van der Waals surface area contributed by atoms with E-state index >= 15 is 0 Å². The van der Waals surface area contributed by atoms with Crippen LogP contribution in [0.25, 0.3) is 0 Å². The van der Waals surface area contributed by atoms with Gasteiger partial charge in [-0.25, -0.2) is 0 Å². The Bertz CT molecular complexity index is 233. The number of rotatable bonds is 7. The molecule has 0 aromatic heterocycles. The van der Waals surface area contributed by atoms with Crippen LogP contribution in [-0.2, 0) is 4.74 Å². The summed E-state index contributed by atoms with van der Waals surface area (Å²) in [6, 6.07) is 0. The number of hydrogen-bond acceptors (Lipinski definition) is 2. The van der Waals surface area contributed by atoms with Crippen molar-refractivity contribution in [1.82, 2.24) is 5.32 Å². The maximum atomic E-state index is 6.29. The molecule has 0 aromatic rings. The minimum absolute atomic E-state index is 0.310. The summed E-state index contributed by atoms with van der Waals surface area (Å²) < 4.78 is 6.29. The van der Waals surface area contributed by atoms with Gasteiger partial charge >= 0.3 is 0 Å². The lowest BCUT2D eigenvalue weighted by Crippen LogP contribution is -2.31. The molecule has 1 heterocycles. The second kappa shape index (κ2) is 6.91. The van der Waals surface area contributed by atoms with Gasteiger partial charge < -0.3 is 10.1 Å². The Morgan fingerprint density at radius 2 is 1.94 bits per heavy atom. The first-order chi connectivity index (χ1) is 8.70. The molecule has 0 amide bonds. The first-order valence-corrected chi connectivity index (χ1v) is 8.09. The van der Waals surface area contributed by atoms with Gasteiger partial charge in [-0.05, 0) is 44.6 Å². The smallest absolute Gasteiger partial charge is 0.0708 e. The highest BCUT2D eigenvalue weighted by atomic mass is 16.5. The van der Waals surface area contributed by atoms with Crippen LogP contribution in [0.1, 0.15) is 71.6 Å². The van der Waals surface area contributed by atoms with Crippen LogP contribution in [0.4, 0.5) is 0 Å². The van der Waals surface area contributed by atoms with E-state index in [9.17, 15) is 0 Å². The predicted octanol–water partition coefficient (Wildman–Crippen LogP) is 3.89. The Labute approximate surface area is 113 Å². The molecule has 18 heavy (non-hydrogen) atoms. The van der Waals surface area contributed by atoms with Crippen LogP contribution in [0.15, 0.2) is 0 Å². The molecule has 2 nitrogen and oxygen atoms in total. The Hall–Kier alpha value is -0.0800. The van der Waals surface area contributed by atoms with Gasteiger partial charge in [0.25, 0.3) is 0 Å². The predicted molar refractivity (Wildman–Crippen MR) is 76.9 cm³/mol. The largest absolute Gasteiger partial charge is 0.370 e. The summed E-state index contributed by atoms with van der Waals surface area (Å²) in [6.07, 6.45) is 12.5. The molecule has 2 heteroatoms. The highest BCUT2D eigenvalue weighted by Gasteiger charge is 2.41. The van der Waals surface area contributed by atoms with Crippen molar-refractivity contribution in [3.63, 3.8) is 0 Å². The molecule has 1 saturated heterocycles. The molecule has 2 rings (SSSR count). The highest BCUT2D eigenvalue weighted by Crippen LogP contribution is 2.43. The molecule has 2 aliphatic rings. The van der Waals surface area contributed by atoms with E-state index < -0.39 is 0 Å². The van der Waals surface area contributed by atoms with E-state index in [1.165, 1.54) is 64.3 Å². The SMILES string of the molecule is CC(C)CCCCNCC1CCC2(CCCC2)O1. The van der Waals surface area contributed by atoms with Crippen LogP contribution < -0.4 is 5.32 Å². The zero-order chi connectivity index (χ0) is 12.8. The van der Waals surface area contributed by atoms with Gasteiger partial charge in [0.05, 0.1) is 11.7 Å². The van der Waals surface area contributed by atoms with Gasteiger partial charge in [0.1, 0.15) is 0 Å². The third-order valence-corrected chi connectivity index (χ3v) is 4.61. The Balaban J connectivity index is 1.50. The van der Waals surface area contributed by atoms with Gasteiger partial charge in [-0.15, -0.1) is 0 Å². The summed E-state index contributed by atoms with van der Waals surface area (Å²) in [7, 11) is 0. The maximum Gasteiger partial charge on any atom is 0.0708 e. The van der Waals surface area contributed by atoms with Crippen LogP contribution in [0.3, 0.4) is 0 Å².